The van der Waals surface area contributed by atoms with Gasteiger partial charge >= 0.3 is 5.97 Å². The molecule has 1 aliphatic heterocycles. The number of rotatable bonds is 3. The van der Waals surface area contributed by atoms with Gasteiger partial charge in [0.2, 0.25) is 0 Å². The fraction of sp³-hybridized carbons (Fsp3) is 0.385. The average molecular weight is 285 g/mol. The fourth-order valence-corrected chi connectivity index (χ4v) is 2.16. The topological polar surface area (TPSA) is 66.8 Å². The highest BCUT2D eigenvalue weighted by Gasteiger charge is 2.39. The maximum Gasteiger partial charge on any atom is 0.311 e. The van der Waals surface area contributed by atoms with E-state index in [2.05, 4.69) is 0 Å². The summed E-state index contributed by atoms with van der Waals surface area (Å²) in [7, 11) is 1.38. The van der Waals surface area contributed by atoms with Crippen LogP contribution in [-0.4, -0.2) is 48.2 Å². The lowest BCUT2D eigenvalue weighted by atomic mass is 10.0. The molecule has 1 amide bonds. The van der Waals surface area contributed by atoms with Gasteiger partial charge in [-0.2, -0.15) is 0 Å². The van der Waals surface area contributed by atoms with Crippen molar-refractivity contribution in [1.82, 2.24) is 4.90 Å². The minimum Gasteiger partial charge on any atom is -0.481 e. The molecule has 20 heavy (non-hydrogen) atoms. The van der Waals surface area contributed by atoms with E-state index < -0.39 is 35.5 Å². The fourth-order valence-electron chi connectivity index (χ4n) is 2.16. The van der Waals surface area contributed by atoms with Gasteiger partial charge in [0.25, 0.3) is 5.91 Å². The molecule has 1 aromatic carbocycles. The van der Waals surface area contributed by atoms with Crippen molar-refractivity contribution in [3.63, 3.8) is 0 Å². The van der Waals surface area contributed by atoms with Gasteiger partial charge in [0.15, 0.2) is 0 Å². The van der Waals surface area contributed by atoms with Gasteiger partial charge in [-0.05, 0) is 12.1 Å². The molecule has 0 aromatic heterocycles. The third-order valence-corrected chi connectivity index (χ3v) is 3.35. The second kappa shape index (κ2) is 5.54. The van der Waals surface area contributed by atoms with Crippen LogP contribution in [0.25, 0.3) is 0 Å². The van der Waals surface area contributed by atoms with Crippen molar-refractivity contribution >= 4 is 11.9 Å². The predicted octanol–water partition coefficient (Wildman–Crippen LogP) is 1.14. The summed E-state index contributed by atoms with van der Waals surface area (Å²) in [6, 6.07) is 1.95. The Morgan fingerprint density at radius 3 is 2.65 bits per heavy atom. The van der Waals surface area contributed by atoms with Crippen LogP contribution in [0.1, 0.15) is 10.4 Å². The number of amides is 1. The molecule has 7 heteroatoms. The molecule has 0 aliphatic carbocycles. The van der Waals surface area contributed by atoms with Crippen molar-refractivity contribution in [2.45, 2.75) is 6.04 Å². The highest BCUT2D eigenvalue weighted by atomic mass is 19.1. The number of carbonyl (C=O) groups excluding carboxylic acids is 1. The predicted molar refractivity (Wildman–Crippen MR) is 64.2 cm³/mol. The summed E-state index contributed by atoms with van der Waals surface area (Å²) in [4.78, 5) is 24.3. The van der Waals surface area contributed by atoms with Crippen molar-refractivity contribution < 1.29 is 28.2 Å². The smallest absolute Gasteiger partial charge is 0.311 e. The third-order valence-electron chi connectivity index (χ3n) is 3.35. The molecule has 1 aliphatic rings. The first kappa shape index (κ1) is 14.4. The number of likely N-dealkylation sites (N-methyl/N-ethyl adjacent to an activating group) is 1. The molecule has 1 heterocycles. The van der Waals surface area contributed by atoms with Crippen LogP contribution in [0.15, 0.2) is 18.2 Å². The zero-order valence-electron chi connectivity index (χ0n) is 10.7. The number of carboxylic acid groups (broad SMARTS) is 1. The first-order valence-corrected chi connectivity index (χ1v) is 5.94. The lowest BCUT2D eigenvalue weighted by Crippen LogP contribution is -2.44. The van der Waals surface area contributed by atoms with E-state index in [4.69, 9.17) is 9.84 Å². The Labute approximate surface area is 113 Å². The quantitative estimate of drug-likeness (QED) is 0.904. The van der Waals surface area contributed by atoms with Gasteiger partial charge in [-0.25, -0.2) is 8.78 Å². The van der Waals surface area contributed by atoms with Crippen LogP contribution in [0.2, 0.25) is 0 Å². The number of aliphatic carboxylic acids is 1. The van der Waals surface area contributed by atoms with Crippen molar-refractivity contribution in [3.05, 3.63) is 35.4 Å². The summed E-state index contributed by atoms with van der Waals surface area (Å²) in [5, 5.41) is 9.03. The molecule has 1 aromatic rings. The number of carbonyl (C=O) groups is 2. The number of halogens is 2. The van der Waals surface area contributed by atoms with Crippen LogP contribution < -0.4 is 0 Å². The lowest BCUT2D eigenvalue weighted by Gasteiger charge is -2.26. The summed E-state index contributed by atoms with van der Waals surface area (Å²) < 4.78 is 31.4. The first-order chi connectivity index (χ1) is 9.41. The van der Waals surface area contributed by atoms with E-state index in [1.807, 2.05) is 0 Å². The van der Waals surface area contributed by atoms with E-state index in [0.29, 0.717) is 6.07 Å². The van der Waals surface area contributed by atoms with Gasteiger partial charge in [0.05, 0.1) is 24.8 Å². The van der Waals surface area contributed by atoms with Crippen molar-refractivity contribution in [1.29, 1.82) is 0 Å². The van der Waals surface area contributed by atoms with Crippen LogP contribution in [0.4, 0.5) is 8.78 Å². The highest BCUT2D eigenvalue weighted by molar-refractivity contribution is 5.94. The molecule has 1 saturated heterocycles. The van der Waals surface area contributed by atoms with Gasteiger partial charge in [0.1, 0.15) is 17.6 Å². The number of carboxylic acids is 1. The summed E-state index contributed by atoms with van der Waals surface area (Å²) in [6.07, 6.45) is 0. The monoisotopic (exact) mass is 285 g/mol. The molecule has 108 valence electrons. The van der Waals surface area contributed by atoms with Crippen LogP contribution in [0.5, 0.6) is 0 Å². The maximum atomic E-state index is 13.6. The van der Waals surface area contributed by atoms with E-state index in [1.165, 1.54) is 7.05 Å². The molecule has 1 fully saturated rings. The Kier molecular flexibility index (Phi) is 3.99. The third kappa shape index (κ3) is 2.62. The molecule has 2 rings (SSSR count). The van der Waals surface area contributed by atoms with Crippen LogP contribution in [-0.2, 0) is 9.53 Å². The second-order valence-electron chi connectivity index (χ2n) is 4.59. The number of ether oxygens (including phenoxy) is 1. The lowest BCUT2D eigenvalue weighted by molar-refractivity contribution is -0.142. The summed E-state index contributed by atoms with van der Waals surface area (Å²) >= 11 is 0. The van der Waals surface area contributed by atoms with E-state index in [-0.39, 0.29) is 18.8 Å². The van der Waals surface area contributed by atoms with E-state index in [0.717, 1.165) is 17.0 Å². The van der Waals surface area contributed by atoms with Crippen molar-refractivity contribution in [2.24, 2.45) is 5.92 Å². The van der Waals surface area contributed by atoms with E-state index in [9.17, 15) is 18.4 Å². The number of benzene rings is 1. The molecule has 0 bridgehead atoms. The van der Waals surface area contributed by atoms with Gasteiger partial charge in [-0.1, -0.05) is 0 Å². The molecule has 0 saturated carbocycles. The highest BCUT2D eigenvalue weighted by Crippen LogP contribution is 2.21. The summed E-state index contributed by atoms with van der Waals surface area (Å²) in [6.45, 7) is 0.0749. The van der Waals surface area contributed by atoms with E-state index >= 15 is 0 Å². The minimum absolute atomic E-state index is 0.00349. The number of hydrogen-bond donors (Lipinski definition) is 1. The van der Waals surface area contributed by atoms with Crippen LogP contribution >= 0.6 is 0 Å². The average Bonchev–Trinajstić information content (AvgIpc) is 2.86. The number of nitrogens with zero attached hydrogens (tertiary/aromatic N) is 1. The Bertz CT molecular complexity index is 549. The maximum absolute atomic E-state index is 13.6. The summed E-state index contributed by atoms with van der Waals surface area (Å²) in [5.41, 5.74) is -0.301. The molecule has 0 spiro atoms. The number of hydrogen-bond acceptors (Lipinski definition) is 3. The SMILES string of the molecule is CN(C(=O)c1ccc(F)cc1F)C1COCC1C(=O)O. The standard InChI is InChI=1S/C13H13F2NO4/c1-16(11-6-20-5-9(11)13(18)19)12(17)8-3-2-7(14)4-10(8)15/h2-4,9,11H,5-6H2,1H3,(H,18,19). The van der Waals surface area contributed by atoms with Gasteiger partial charge in [-0.15, -0.1) is 0 Å². The van der Waals surface area contributed by atoms with Crippen LogP contribution in [0, 0.1) is 17.6 Å². The molecular weight excluding hydrogens is 272 g/mol. The zero-order chi connectivity index (χ0) is 14.9. The van der Waals surface area contributed by atoms with Crippen molar-refractivity contribution in [2.75, 3.05) is 20.3 Å². The molecule has 0 radical (unpaired) electrons. The zero-order valence-corrected chi connectivity index (χ0v) is 10.7. The molecule has 2 unspecified atom stereocenters. The van der Waals surface area contributed by atoms with Crippen LogP contribution in [0.3, 0.4) is 0 Å². The Morgan fingerprint density at radius 1 is 1.35 bits per heavy atom. The first-order valence-electron chi connectivity index (χ1n) is 5.94. The molecule has 1 N–H and O–H groups in total. The van der Waals surface area contributed by atoms with Crippen molar-refractivity contribution in [3.8, 4) is 0 Å². The van der Waals surface area contributed by atoms with Gasteiger partial charge < -0.3 is 14.7 Å². The van der Waals surface area contributed by atoms with E-state index in [1.54, 1.807) is 0 Å². The Balaban J connectivity index is 2.22. The largest absolute Gasteiger partial charge is 0.481 e. The minimum atomic E-state index is -1.08. The normalized spacial score (nSPS) is 21.8. The Hall–Kier alpha value is -2.02. The second-order valence-corrected chi connectivity index (χ2v) is 4.59. The van der Waals surface area contributed by atoms with Gasteiger partial charge in [0, 0.05) is 13.1 Å². The summed E-state index contributed by atoms with van der Waals surface area (Å²) in [5.74, 6) is -4.40. The molecular formula is C13H13F2NO4. The molecule has 5 nitrogen and oxygen atoms in total. The van der Waals surface area contributed by atoms with Gasteiger partial charge in [-0.3, -0.25) is 9.59 Å². The Morgan fingerprint density at radius 2 is 2.05 bits per heavy atom. The molecule has 2 atom stereocenters.